The molecule has 3 heteroatoms. The second-order valence-electron chi connectivity index (χ2n) is 3.08. The van der Waals surface area contributed by atoms with Crippen LogP contribution in [-0.2, 0) is 4.74 Å². The van der Waals surface area contributed by atoms with Crippen LogP contribution in [0.15, 0.2) is 24.5 Å². The number of aromatic nitrogens is 1. The van der Waals surface area contributed by atoms with Crippen molar-refractivity contribution in [3.8, 4) is 0 Å². The summed E-state index contributed by atoms with van der Waals surface area (Å²) < 4.78 is 5.39. The van der Waals surface area contributed by atoms with E-state index >= 15 is 0 Å². The summed E-state index contributed by atoms with van der Waals surface area (Å²) in [5.74, 6) is 0. The van der Waals surface area contributed by atoms with Crippen molar-refractivity contribution in [2.45, 2.75) is 20.0 Å². The van der Waals surface area contributed by atoms with Crippen LogP contribution in [0, 0.1) is 0 Å². The number of ether oxygens (including phenoxy) is 1. The highest BCUT2D eigenvalue weighted by Crippen LogP contribution is 2.01. The Morgan fingerprint density at radius 1 is 1.38 bits per heavy atom. The molecule has 1 heterocycles. The molecule has 0 fully saturated rings. The van der Waals surface area contributed by atoms with Gasteiger partial charge in [-0.25, -0.2) is 0 Å². The average molecular weight is 180 g/mol. The second-order valence-corrected chi connectivity index (χ2v) is 3.08. The Morgan fingerprint density at radius 2 is 2.08 bits per heavy atom. The molecule has 0 atom stereocenters. The van der Waals surface area contributed by atoms with Crippen LogP contribution in [0.1, 0.15) is 13.8 Å². The monoisotopic (exact) mass is 180 g/mol. The molecule has 13 heavy (non-hydrogen) atoms. The van der Waals surface area contributed by atoms with E-state index in [0.29, 0.717) is 6.10 Å². The fourth-order valence-electron chi connectivity index (χ4n) is 0.960. The minimum atomic E-state index is 0.305. The van der Waals surface area contributed by atoms with Crippen LogP contribution in [0.2, 0.25) is 0 Å². The van der Waals surface area contributed by atoms with Crippen LogP contribution >= 0.6 is 0 Å². The molecule has 72 valence electrons. The Balaban J connectivity index is 2.13. The fourth-order valence-corrected chi connectivity index (χ4v) is 0.960. The van der Waals surface area contributed by atoms with Crippen LogP contribution in [0.25, 0.3) is 0 Å². The average Bonchev–Trinajstić information content (AvgIpc) is 2.14. The van der Waals surface area contributed by atoms with Crippen molar-refractivity contribution in [1.29, 1.82) is 0 Å². The Morgan fingerprint density at radius 3 is 2.69 bits per heavy atom. The smallest absolute Gasteiger partial charge is 0.0642 e. The summed E-state index contributed by atoms with van der Waals surface area (Å²) >= 11 is 0. The molecule has 0 unspecified atom stereocenters. The lowest BCUT2D eigenvalue weighted by molar-refractivity contribution is 0.0870. The summed E-state index contributed by atoms with van der Waals surface area (Å²) in [7, 11) is 0. The lowest BCUT2D eigenvalue weighted by Gasteiger charge is -2.08. The highest BCUT2D eigenvalue weighted by atomic mass is 16.5. The van der Waals surface area contributed by atoms with Gasteiger partial charge >= 0.3 is 0 Å². The Hall–Kier alpha value is -1.09. The summed E-state index contributed by atoms with van der Waals surface area (Å²) in [6.07, 6.45) is 3.84. The van der Waals surface area contributed by atoms with Crippen LogP contribution in [-0.4, -0.2) is 24.2 Å². The van der Waals surface area contributed by atoms with Crippen LogP contribution in [0.5, 0.6) is 0 Å². The number of nitrogens with one attached hydrogen (secondary N) is 1. The van der Waals surface area contributed by atoms with Gasteiger partial charge in [-0.3, -0.25) is 4.98 Å². The maximum atomic E-state index is 5.39. The number of hydrogen-bond donors (Lipinski definition) is 1. The van der Waals surface area contributed by atoms with E-state index in [1.807, 2.05) is 26.0 Å². The standard InChI is InChI=1S/C10H16N2O/c1-9(2)13-8-7-12-10-3-5-11-6-4-10/h3-6,9H,7-8H2,1-2H3,(H,11,12). The first-order valence-electron chi connectivity index (χ1n) is 4.54. The van der Waals surface area contributed by atoms with Gasteiger partial charge in [0.05, 0.1) is 12.7 Å². The maximum absolute atomic E-state index is 5.39. The normalized spacial score (nSPS) is 10.4. The minimum Gasteiger partial charge on any atom is -0.383 e. The first-order valence-corrected chi connectivity index (χ1v) is 4.54. The third kappa shape index (κ3) is 4.48. The molecule has 0 radical (unpaired) electrons. The highest BCUT2D eigenvalue weighted by molar-refractivity contribution is 5.40. The van der Waals surface area contributed by atoms with Crippen LogP contribution in [0.4, 0.5) is 5.69 Å². The molecule has 1 aromatic heterocycles. The van der Waals surface area contributed by atoms with Gasteiger partial charge in [0, 0.05) is 24.6 Å². The molecule has 0 aliphatic carbocycles. The van der Waals surface area contributed by atoms with E-state index in [2.05, 4.69) is 10.3 Å². The third-order valence-electron chi connectivity index (χ3n) is 1.56. The van der Waals surface area contributed by atoms with Crippen molar-refractivity contribution in [2.24, 2.45) is 0 Å². The van der Waals surface area contributed by atoms with Gasteiger partial charge in [-0.15, -0.1) is 0 Å². The third-order valence-corrected chi connectivity index (χ3v) is 1.56. The fraction of sp³-hybridized carbons (Fsp3) is 0.500. The molecule has 0 saturated heterocycles. The van der Waals surface area contributed by atoms with Crippen molar-refractivity contribution in [3.05, 3.63) is 24.5 Å². The van der Waals surface area contributed by atoms with Gasteiger partial charge in [0.1, 0.15) is 0 Å². The number of hydrogen-bond acceptors (Lipinski definition) is 3. The largest absolute Gasteiger partial charge is 0.383 e. The van der Waals surface area contributed by atoms with Gasteiger partial charge in [-0.1, -0.05) is 0 Å². The van der Waals surface area contributed by atoms with Crippen LogP contribution < -0.4 is 5.32 Å². The number of rotatable bonds is 5. The molecule has 0 amide bonds. The van der Waals surface area contributed by atoms with Crippen molar-refractivity contribution >= 4 is 5.69 Å². The van der Waals surface area contributed by atoms with Crippen LogP contribution in [0.3, 0.4) is 0 Å². The second kappa shape index (κ2) is 5.54. The number of nitrogens with zero attached hydrogens (tertiary/aromatic N) is 1. The van der Waals surface area contributed by atoms with E-state index in [-0.39, 0.29) is 0 Å². The highest BCUT2D eigenvalue weighted by Gasteiger charge is 1.92. The zero-order chi connectivity index (χ0) is 9.52. The zero-order valence-electron chi connectivity index (χ0n) is 8.16. The summed E-state index contributed by atoms with van der Waals surface area (Å²) in [6.45, 7) is 5.64. The van der Waals surface area contributed by atoms with E-state index in [1.165, 1.54) is 0 Å². The minimum absolute atomic E-state index is 0.305. The molecule has 0 bridgehead atoms. The molecule has 0 aromatic carbocycles. The molecule has 0 aliphatic heterocycles. The van der Waals surface area contributed by atoms with Gasteiger partial charge < -0.3 is 10.1 Å². The number of pyridine rings is 1. The molecule has 0 aliphatic rings. The molecule has 0 spiro atoms. The summed E-state index contributed by atoms with van der Waals surface area (Å²) in [5, 5.41) is 3.24. The number of anilines is 1. The van der Waals surface area contributed by atoms with Gasteiger partial charge in [-0.05, 0) is 26.0 Å². The Kier molecular flexibility index (Phi) is 4.26. The first-order chi connectivity index (χ1) is 6.29. The topological polar surface area (TPSA) is 34.1 Å². The van der Waals surface area contributed by atoms with Crippen molar-refractivity contribution < 1.29 is 4.74 Å². The predicted molar refractivity (Wildman–Crippen MR) is 53.8 cm³/mol. The quantitative estimate of drug-likeness (QED) is 0.703. The molecule has 1 rings (SSSR count). The van der Waals surface area contributed by atoms with Crippen molar-refractivity contribution in [2.75, 3.05) is 18.5 Å². The van der Waals surface area contributed by atoms with E-state index in [9.17, 15) is 0 Å². The molecular formula is C10H16N2O. The Labute approximate surface area is 79.1 Å². The molecule has 0 saturated carbocycles. The molecular weight excluding hydrogens is 164 g/mol. The summed E-state index contributed by atoms with van der Waals surface area (Å²) in [5.41, 5.74) is 1.09. The maximum Gasteiger partial charge on any atom is 0.0642 e. The van der Waals surface area contributed by atoms with Gasteiger partial charge in [0.2, 0.25) is 0 Å². The van der Waals surface area contributed by atoms with Crippen molar-refractivity contribution in [3.63, 3.8) is 0 Å². The molecule has 3 nitrogen and oxygen atoms in total. The van der Waals surface area contributed by atoms with Crippen molar-refractivity contribution in [1.82, 2.24) is 4.98 Å². The SMILES string of the molecule is CC(C)OCCNc1ccncc1. The predicted octanol–water partition coefficient (Wildman–Crippen LogP) is 1.92. The zero-order valence-corrected chi connectivity index (χ0v) is 8.16. The molecule has 1 N–H and O–H groups in total. The van der Waals surface area contributed by atoms with Gasteiger partial charge in [-0.2, -0.15) is 0 Å². The van der Waals surface area contributed by atoms with Gasteiger partial charge in [0.15, 0.2) is 0 Å². The lowest BCUT2D eigenvalue weighted by Crippen LogP contribution is -2.13. The van der Waals surface area contributed by atoms with Gasteiger partial charge in [0.25, 0.3) is 0 Å². The van der Waals surface area contributed by atoms with E-state index < -0.39 is 0 Å². The first kappa shape index (κ1) is 9.99. The lowest BCUT2D eigenvalue weighted by atomic mass is 10.4. The molecule has 1 aromatic rings. The Bertz CT molecular complexity index is 224. The summed E-state index contributed by atoms with van der Waals surface area (Å²) in [6, 6.07) is 3.88. The van der Waals surface area contributed by atoms with E-state index in [0.717, 1.165) is 18.8 Å². The van der Waals surface area contributed by atoms with E-state index in [1.54, 1.807) is 12.4 Å². The van der Waals surface area contributed by atoms with E-state index in [4.69, 9.17) is 4.74 Å². The summed E-state index contributed by atoms with van der Waals surface area (Å²) in [4.78, 5) is 3.93.